The van der Waals surface area contributed by atoms with Gasteiger partial charge in [0.15, 0.2) is 5.69 Å². The molecule has 0 saturated carbocycles. The van der Waals surface area contributed by atoms with Crippen molar-refractivity contribution in [2.24, 2.45) is 0 Å². The summed E-state index contributed by atoms with van der Waals surface area (Å²) in [5.74, 6) is -0.0823. The lowest BCUT2D eigenvalue weighted by Gasteiger charge is -2.42. The highest BCUT2D eigenvalue weighted by atomic mass is 16.6. The maximum atomic E-state index is 13.2. The topological polar surface area (TPSA) is 120 Å². The Hall–Kier alpha value is -3.40. The Labute approximate surface area is 184 Å². The number of amides is 2. The van der Waals surface area contributed by atoms with E-state index in [1.807, 2.05) is 0 Å². The van der Waals surface area contributed by atoms with Gasteiger partial charge in [0.1, 0.15) is 24.2 Å². The summed E-state index contributed by atoms with van der Waals surface area (Å²) in [5, 5.41) is 6.42. The highest BCUT2D eigenvalue weighted by Gasteiger charge is 2.39. The van der Waals surface area contributed by atoms with Gasteiger partial charge in [0.05, 0.1) is 31.2 Å². The van der Waals surface area contributed by atoms with E-state index in [-0.39, 0.29) is 48.8 Å². The number of carbonyl (C=O) groups is 3. The number of nitrogens with zero attached hydrogens (tertiary/aromatic N) is 2. The number of rotatable bonds is 4. The molecular formula is C22H25N3O7. The van der Waals surface area contributed by atoms with E-state index in [9.17, 15) is 14.4 Å². The van der Waals surface area contributed by atoms with Crippen molar-refractivity contribution in [3.05, 3.63) is 41.3 Å². The summed E-state index contributed by atoms with van der Waals surface area (Å²) >= 11 is 0. The normalized spacial score (nSPS) is 22.7. The fourth-order valence-electron chi connectivity index (χ4n) is 4.04. The second-order valence-electron chi connectivity index (χ2n) is 7.94. The molecular weight excluding hydrogens is 418 g/mol. The average Bonchev–Trinajstić information content (AvgIpc) is 3.23. The average molecular weight is 443 g/mol. The first-order valence-electron chi connectivity index (χ1n) is 10.4. The number of carbonyl (C=O) groups excluding carboxylic acids is 3. The molecule has 10 nitrogen and oxygen atoms in total. The number of ether oxygens (including phenoxy) is 3. The lowest BCUT2D eigenvalue weighted by atomic mass is 9.94. The van der Waals surface area contributed by atoms with Gasteiger partial charge in [0.25, 0.3) is 11.8 Å². The van der Waals surface area contributed by atoms with E-state index in [0.29, 0.717) is 35.6 Å². The van der Waals surface area contributed by atoms with Crippen LogP contribution in [0.3, 0.4) is 0 Å². The number of methoxy groups -OCH3 is 1. The van der Waals surface area contributed by atoms with E-state index < -0.39 is 5.91 Å². The van der Waals surface area contributed by atoms with Crippen LogP contribution < -0.4 is 10.1 Å². The number of aryl methyl sites for hydroxylation is 1. The van der Waals surface area contributed by atoms with Crippen LogP contribution in [0.25, 0.3) is 0 Å². The largest absolute Gasteiger partial charge is 0.490 e. The van der Waals surface area contributed by atoms with Crippen molar-refractivity contribution < 1.29 is 33.1 Å². The number of hydrogen-bond acceptors (Lipinski definition) is 8. The minimum atomic E-state index is -0.438. The van der Waals surface area contributed by atoms with Gasteiger partial charge >= 0.3 is 5.97 Å². The third-order valence-corrected chi connectivity index (χ3v) is 5.75. The van der Waals surface area contributed by atoms with Gasteiger partial charge in [-0.1, -0.05) is 5.16 Å². The third-order valence-electron chi connectivity index (χ3n) is 5.75. The monoisotopic (exact) mass is 443 g/mol. The molecule has 0 aliphatic carbocycles. The molecule has 2 aromatic rings. The highest BCUT2D eigenvalue weighted by Crippen LogP contribution is 2.32. The lowest BCUT2D eigenvalue weighted by Crippen LogP contribution is -2.53. The van der Waals surface area contributed by atoms with Crippen LogP contribution in [0, 0.1) is 6.92 Å². The van der Waals surface area contributed by atoms with E-state index in [4.69, 9.17) is 18.7 Å². The minimum Gasteiger partial charge on any atom is -0.490 e. The molecule has 0 unspecified atom stereocenters. The van der Waals surface area contributed by atoms with Gasteiger partial charge in [0.2, 0.25) is 0 Å². The molecule has 1 fully saturated rings. The fraction of sp³-hybridized carbons (Fsp3) is 0.455. The number of esters is 1. The van der Waals surface area contributed by atoms with Crippen molar-refractivity contribution in [1.29, 1.82) is 0 Å². The van der Waals surface area contributed by atoms with Crippen molar-refractivity contribution in [1.82, 2.24) is 10.1 Å². The smallest absolute Gasteiger partial charge is 0.308 e. The van der Waals surface area contributed by atoms with Crippen molar-refractivity contribution in [2.45, 2.75) is 44.4 Å². The Morgan fingerprint density at radius 3 is 2.81 bits per heavy atom. The van der Waals surface area contributed by atoms with Gasteiger partial charge in [0, 0.05) is 18.8 Å². The predicted molar refractivity (Wildman–Crippen MR) is 112 cm³/mol. The van der Waals surface area contributed by atoms with Crippen LogP contribution in [0.5, 0.6) is 5.75 Å². The number of benzene rings is 1. The van der Waals surface area contributed by atoms with Gasteiger partial charge in [-0.2, -0.15) is 0 Å². The van der Waals surface area contributed by atoms with E-state index in [2.05, 4.69) is 10.5 Å². The van der Waals surface area contributed by atoms with Crippen molar-refractivity contribution in [2.75, 3.05) is 26.1 Å². The Balaban J connectivity index is 1.51. The first-order chi connectivity index (χ1) is 15.4. The Kier molecular flexibility index (Phi) is 6.13. The molecule has 1 aromatic carbocycles. The maximum Gasteiger partial charge on any atom is 0.308 e. The number of nitrogens with one attached hydrogen (secondary N) is 1. The summed E-state index contributed by atoms with van der Waals surface area (Å²) in [6, 6.07) is 6.21. The van der Waals surface area contributed by atoms with Gasteiger partial charge in [-0.25, -0.2) is 0 Å². The van der Waals surface area contributed by atoms with Crippen molar-refractivity contribution in [3.8, 4) is 5.75 Å². The number of anilines is 1. The SMILES string of the molecule is COC(=O)C[C@H]1CC[C@@H]2[C@H](COc3ccc(NC(=O)c4cc(C)on4)cc3C(=O)N2C)O1. The van der Waals surface area contributed by atoms with Gasteiger partial charge < -0.3 is 29.0 Å². The van der Waals surface area contributed by atoms with E-state index >= 15 is 0 Å². The fourth-order valence-corrected chi connectivity index (χ4v) is 4.04. The van der Waals surface area contributed by atoms with Crippen molar-refractivity contribution in [3.63, 3.8) is 0 Å². The molecule has 170 valence electrons. The van der Waals surface area contributed by atoms with Crippen molar-refractivity contribution >= 4 is 23.5 Å². The lowest BCUT2D eigenvalue weighted by molar-refractivity contribution is -0.151. The molecule has 1 saturated heterocycles. The molecule has 2 aliphatic heterocycles. The Bertz CT molecular complexity index is 1030. The molecule has 2 aliphatic rings. The molecule has 0 spiro atoms. The standard InChI is InChI=1S/C22H25N3O7/c1-12-8-16(24-32-12)21(27)23-13-4-7-18-15(9-13)22(28)25(2)17-6-5-14(10-20(26)29-3)31-19(17)11-30-18/h4,7-9,14,17,19H,5-6,10-11H2,1-3H3,(H,23,27)/t14-,17-,19+/m1/s1. The van der Waals surface area contributed by atoms with E-state index in [1.165, 1.54) is 13.2 Å². The Morgan fingerprint density at radius 1 is 1.28 bits per heavy atom. The predicted octanol–water partition coefficient (Wildman–Crippen LogP) is 2.18. The van der Waals surface area contributed by atoms with Crippen LogP contribution in [0.4, 0.5) is 5.69 Å². The summed E-state index contributed by atoms with van der Waals surface area (Å²) < 4.78 is 21.6. The maximum absolute atomic E-state index is 13.2. The number of fused-ring (bicyclic) bond motifs is 2. The van der Waals surface area contributed by atoms with E-state index in [0.717, 1.165) is 0 Å². The summed E-state index contributed by atoms with van der Waals surface area (Å²) in [6.45, 7) is 1.93. The molecule has 3 heterocycles. The molecule has 3 atom stereocenters. The zero-order valence-electron chi connectivity index (χ0n) is 18.1. The van der Waals surface area contributed by atoms with E-state index in [1.54, 1.807) is 37.1 Å². The number of likely N-dealkylation sites (N-methyl/N-ethyl adjacent to an activating group) is 1. The second kappa shape index (κ2) is 8.99. The van der Waals surface area contributed by atoms with Crippen LogP contribution in [-0.2, 0) is 14.3 Å². The molecule has 1 N–H and O–H groups in total. The summed E-state index contributed by atoms with van der Waals surface area (Å²) in [5.41, 5.74) is 0.935. The molecule has 0 radical (unpaired) electrons. The minimum absolute atomic E-state index is 0.151. The van der Waals surface area contributed by atoms with Gasteiger partial charge in [-0.15, -0.1) is 0 Å². The second-order valence-corrected chi connectivity index (χ2v) is 7.94. The summed E-state index contributed by atoms with van der Waals surface area (Å²) in [7, 11) is 3.07. The molecule has 10 heteroatoms. The molecule has 4 rings (SSSR count). The zero-order chi connectivity index (χ0) is 22.8. The van der Waals surface area contributed by atoms with Crippen LogP contribution in [0.1, 0.15) is 45.9 Å². The first-order valence-corrected chi connectivity index (χ1v) is 10.4. The van der Waals surface area contributed by atoms with Crippen LogP contribution in [-0.4, -0.2) is 66.9 Å². The quantitative estimate of drug-likeness (QED) is 0.714. The zero-order valence-corrected chi connectivity index (χ0v) is 18.1. The number of hydrogen-bond donors (Lipinski definition) is 1. The summed E-state index contributed by atoms with van der Waals surface area (Å²) in [6.07, 6.45) is 0.841. The number of aromatic nitrogens is 1. The molecule has 2 amide bonds. The van der Waals surface area contributed by atoms with Crippen LogP contribution in [0.15, 0.2) is 28.8 Å². The molecule has 1 aromatic heterocycles. The summed E-state index contributed by atoms with van der Waals surface area (Å²) in [4.78, 5) is 38.9. The van der Waals surface area contributed by atoms with Gasteiger partial charge in [-0.05, 0) is 38.0 Å². The molecule has 0 bridgehead atoms. The molecule has 32 heavy (non-hydrogen) atoms. The van der Waals surface area contributed by atoms with Gasteiger partial charge in [-0.3, -0.25) is 14.4 Å². The van der Waals surface area contributed by atoms with Crippen LogP contribution >= 0.6 is 0 Å². The highest BCUT2D eigenvalue weighted by molar-refractivity contribution is 6.04. The first kappa shape index (κ1) is 21.8. The third kappa shape index (κ3) is 4.45. The Morgan fingerprint density at radius 2 is 2.09 bits per heavy atom. The van der Waals surface area contributed by atoms with Crippen LogP contribution in [0.2, 0.25) is 0 Å².